The van der Waals surface area contributed by atoms with E-state index < -0.39 is 0 Å². The van der Waals surface area contributed by atoms with Crippen LogP contribution in [0.25, 0.3) is 0 Å². The Morgan fingerprint density at radius 3 is 2.21 bits per heavy atom. The Morgan fingerprint density at radius 2 is 1.74 bits per heavy atom. The van der Waals surface area contributed by atoms with E-state index in [0.717, 1.165) is 13.1 Å². The van der Waals surface area contributed by atoms with Crippen LogP contribution in [-0.4, -0.2) is 42.1 Å². The van der Waals surface area contributed by atoms with Crippen LogP contribution in [0.1, 0.15) is 33.1 Å². The van der Waals surface area contributed by atoms with Crippen LogP contribution in [0, 0.1) is 5.41 Å². The Hall–Kier alpha value is -1.59. The molecule has 0 bridgehead atoms. The molecule has 1 heterocycles. The highest BCUT2D eigenvalue weighted by Crippen LogP contribution is 2.40. The monoisotopic (exact) mass is 264 g/mol. The lowest BCUT2D eigenvalue weighted by molar-refractivity contribution is 0.179. The summed E-state index contributed by atoms with van der Waals surface area (Å²) in [5.41, 5.74) is 0.406. The number of hydrogen-bond acceptors (Lipinski definition) is 6. The molecular weight excluding hydrogens is 240 g/mol. The topological polar surface area (TPSA) is 66.0 Å². The van der Waals surface area contributed by atoms with E-state index in [1.54, 1.807) is 0 Å². The van der Waals surface area contributed by atoms with Gasteiger partial charge < -0.3 is 15.5 Å². The summed E-state index contributed by atoms with van der Waals surface area (Å²) in [6.45, 7) is 6.06. The molecule has 19 heavy (non-hydrogen) atoms. The maximum atomic E-state index is 4.43. The number of nitrogens with zero attached hydrogens (tertiary/aromatic N) is 4. The third-order valence-corrected chi connectivity index (χ3v) is 3.59. The summed E-state index contributed by atoms with van der Waals surface area (Å²) in [6, 6.07) is 0. The first-order chi connectivity index (χ1) is 9.02. The van der Waals surface area contributed by atoms with Crippen molar-refractivity contribution in [2.24, 2.45) is 5.41 Å². The van der Waals surface area contributed by atoms with Gasteiger partial charge in [0.1, 0.15) is 0 Å². The Bertz CT molecular complexity index is 427. The third kappa shape index (κ3) is 3.45. The molecular formula is C13H24N6. The van der Waals surface area contributed by atoms with Crippen LogP contribution < -0.4 is 15.5 Å². The van der Waals surface area contributed by atoms with Crippen LogP contribution in [-0.2, 0) is 0 Å². The molecule has 106 valence electrons. The summed E-state index contributed by atoms with van der Waals surface area (Å²) in [4.78, 5) is 15.1. The SMILES string of the molecule is CCNc1nc(NCC2(C)CCC2)nc(N(C)C)n1. The van der Waals surface area contributed by atoms with Crippen molar-refractivity contribution < 1.29 is 0 Å². The Morgan fingerprint density at radius 1 is 1.11 bits per heavy atom. The quantitative estimate of drug-likeness (QED) is 0.819. The van der Waals surface area contributed by atoms with Gasteiger partial charge in [-0.15, -0.1) is 0 Å². The van der Waals surface area contributed by atoms with Gasteiger partial charge in [0.05, 0.1) is 0 Å². The van der Waals surface area contributed by atoms with Gasteiger partial charge in [-0.25, -0.2) is 0 Å². The van der Waals surface area contributed by atoms with Crippen LogP contribution in [0.15, 0.2) is 0 Å². The lowest BCUT2D eigenvalue weighted by Crippen LogP contribution is -2.33. The molecule has 2 N–H and O–H groups in total. The zero-order valence-corrected chi connectivity index (χ0v) is 12.3. The zero-order chi connectivity index (χ0) is 13.9. The van der Waals surface area contributed by atoms with Crippen molar-refractivity contribution in [3.05, 3.63) is 0 Å². The molecule has 0 unspecified atom stereocenters. The van der Waals surface area contributed by atoms with Crippen molar-refractivity contribution >= 4 is 17.8 Å². The fourth-order valence-electron chi connectivity index (χ4n) is 2.13. The second-order valence-corrected chi connectivity index (χ2v) is 5.73. The normalized spacial score (nSPS) is 16.6. The Labute approximate surface area is 115 Å². The van der Waals surface area contributed by atoms with E-state index in [-0.39, 0.29) is 0 Å². The summed E-state index contributed by atoms with van der Waals surface area (Å²) in [6.07, 6.45) is 3.90. The second kappa shape index (κ2) is 5.59. The molecule has 1 aliphatic rings. The molecule has 0 aromatic carbocycles. The van der Waals surface area contributed by atoms with Gasteiger partial charge in [0.25, 0.3) is 0 Å². The van der Waals surface area contributed by atoms with Crippen molar-refractivity contribution in [2.45, 2.75) is 33.1 Å². The fourth-order valence-corrected chi connectivity index (χ4v) is 2.13. The molecule has 1 aromatic heterocycles. The maximum absolute atomic E-state index is 4.43. The highest BCUT2D eigenvalue weighted by molar-refractivity contribution is 5.43. The number of nitrogens with one attached hydrogen (secondary N) is 2. The summed E-state index contributed by atoms with van der Waals surface area (Å²) < 4.78 is 0. The molecule has 0 amide bonds. The molecule has 0 saturated heterocycles. The number of hydrogen-bond donors (Lipinski definition) is 2. The molecule has 0 radical (unpaired) electrons. The summed E-state index contributed by atoms with van der Waals surface area (Å²) in [5.74, 6) is 1.96. The fraction of sp³-hybridized carbons (Fsp3) is 0.769. The molecule has 1 fully saturated rings. The average molecular weight is 264 g/mol. The molecule has 0 aliphatic heterocycles. The van der Waals surface area contributed by atoms with E-state index in [0.29, 0.717) is 23.3 Å². The Balaban J connectivity index is 2.09. The van der Waals surface area contributed by atoms with Crippen LogP contribution in [0.3, 0.4) is 0 Å². The molecule has 1 saturated carbocycles. The number of aromatic nitrogens is 3. The van der Waals surface area contributed by atoms with Crippen molar-refractivity contribution in [1.82, 2.24) is 15.0 Å². The molecule has 1 aliphatic carbocycles. The molecule has 6 nitrogen and oxygen atoms in total. The largest absolute Gasteiger partial charge is 0.354 e. The van der Waals surface area contributed by atoms with E-state index >= 15 is 0 Å². The van der Waals surface area contributed by atoms with Crippen molar-refractivity contribution in [3.8, 4) is 0 Å². The van der Waals surface area contributed by atoms with Crippen LogP contribution in [0.5, 0.6) is 0 Å². The third-order valence-electron chi connectivity index (χ3n) is 3.59. The molecule has 0 spiro atoms. The molecule has 0 atom stereocenters. The van der Waals surface area contributed by atoms with Gasteiger partial charge in [0, 0.05) is 27.2 Å². The first-order valence-electron chi connectivity index (χ1n) is 6.93. The summed E-state index contributed by atoms with van der Waals surface area (Å²) in [7, 11) is 3.87. The van der Waals surface area contributed by atoms with Crippen molar-refractivity contribution in [1.29, 1.82) is 0 Å². The summed E-state index contributed by atoms with van der Waals surface area (Å²) in [5, 5.41) is 6.49. The van der Waals surface area contributed by atoms with Gasteiger partial charge in [-0.3, -0.25) is 0 Å². The van der Waals surface area contributed by atoms with Crippen molar-refractivity contribution in [3.63, 3.8) is 0 Å². The lowest BCUT2D eigenvalue weighted by Gasteiger charge is -2.38. The van der Waals surface area contributed by atoms with E-state index in [4.69, 9.17) is 0 Å². The van der Waals surface area contributed by atoms with Crippen molar-refractivity contribution in [2.75, 3.05) is 42.7 Å². The minimum Gasteiger partial charge on any atom is -0.354 e. The van der Waals surface area contributed by atoms with Gasteiger partial charge in [-0.1, -0.05) is 13.3 Å². The first-order valence-corrected chi connectivity index (χ1v) is 6.93. The highest BCUT2D eigenvalue weighted by Gasteiger charge is 2.31. The second-order valence-electron chi connectivity index (χ2n) is 5.73. The Kier molecular flexibility index (Phi) is 4.07. The zero-order valence-electron chi connectivity index (χ0n) is 12.3. The predicted octanol–water partition coefficient (Wildman–Crippen LogP) is 1.97. The molecule has 2 rings (SSSR count). The number of rotatable bonds is 6. The van der Waals surface area contributed by atoms with Gasteiger partial charge in [-0.2, -0.15) is 15.0 Å². The van der Waals surface area contributed by atoms with Gasteiger partial charge >= 0.3 is 0 Å². The van der Waals surface area contributed by atoms with Gasteiger partial charge in [0.2, 0.25) is 17.8 Å². The first kappa shape index (κ1) is 13.8. The van der Waals surface area contributed by atoms with Gasteiger partial charge in [0.15, 0.2) is 0 Å². The molecule has 6 heteroatoms. The lowest BCUT2D eigenvalue weighted by atomic mass is 9.70. The van der Waals surface area contributed by atoms with E-state index in [1.165, 1.54) is 19.3 Å². The maximum Gasteiger partial charge on any atom is 0.231 e. The van der Waals surface area contributed by atoms with Crippen LogP contribution >= 0.6 is 0 Å². The van der Waals surface area contributed by atoms with Gasteiger partial charge in [-0.05, 0) is 25.2 Å². The van der Waals surface area contributed by atoms with Crippen LogP contribution in [0.2, 0.25) is 0 Å². The highest BCUT2D eigenvalue weighted by atomic mass is 15.3. The summed E-state index contributed by atoms with van der Waals surface area (Å²) >= 11 is 0. The van der Waals surface area contributed by atoms with Crippen LogP contribution in [0.4, 0.5) is 17.8 Å². The standard InChI is InChI=1S/C13H24N6/c1-5-14-10-16-11(18-12(17-10)19(3)4)15-9-13(2)7-6-8-13/h5-9H2,1-4H3,(H2,14,15,16,17,18). The average Bonchev–Trinajstić information content (AvgIpc) is 2.34. The van der Waals surface area contributed by atoms with E-state index in [9.17, 15) is 0 Å². The predicted molar refractivity (Wildman–Crippen MR) is 78.8 cm³/mol. The smallest absolute Gasteiger partial charge is 0.231 e. The minimum atomic E-state index is 0.406. The number of anilines is 3. The molecule has 1 aromatic rings. The van der Waals surface area contributed by atoms with E-state index in [1.807, 2.05) is 25.9 Å². The minimum absolute atomic E-state index is 0.406. The van der Waals surface area contributed by atoms with E-state index in [2.05, 4.69) is 32.5 Å².